The Morgan fingerprint density at radius 2 is 1.52 bits per heavy atom. The van der Waals surface area contributed by atoms with E-state index in [0.29, 0.717) is 6.42 Å². The van der Waals surface area contributed by atoms with Crippen LogP contribution >= 0.6 is 0 Å². The fourth-order valence-corrected chi connectivity index (χ4v) is 3.37. The molecular formula is C18H19NO2. The molecule has 1 aliphatic heterocycles. The molecule has 0 unspecified atom stereocenters. The molecule has 1 saturated heterocycles. The molecule has 3 heteroatoms. The lowest BCUT2D eigenvalue weighted by atomic mass is 9.74. The van der Waals surface area contributed by atoms with Crippen LogP contribution in [0.3, 0.4) is 0 Å². The third-order valence-corrected chi connectivity index (χ3v) is 4.33. The van der Waals surface area contributed by atoms with Crippen LogP contribution in [-0.4, -0.2) is 23.2 Å². The lowest BCUT2D eigenvalue weighted by molar-refractivity contribution is -0.144. The smallest absolute Gasteiger partial charge is 0.324 e. The van der Waals surface area contributed by atoms with Crippen molar-refractivity contribution in [3.63, 3.8) is 0 Å². The SMILES string of the molecule is O=C(O)[C@]1(C(c2ccccc2)c2ccccc2)CCCN1. The fourth-order valence-electron chi connectivity index (χ4n) is 3.37. The number of carbonyl (C=O) groups is 1. The predicted molar refractivity (Wildman–Crippen MR) is 82.3 cm³/mol. The highest BCUT2D eigenvalue weighted by Crippen LogP contribution is 2.40. The lowest BCUT2D eigenvalue weighted by Gasteiger charge is -2.35. The Morgan fingerprint density at radius 1 is 1.00 bits per heavy atom. The van der Waals surface area contributed by atoms with Crippen LogP contribution < -0.4 is 5.32 Å². The molecule has 0 saturated carbocycles. The Morgan fingerprint density at radius 3 is 1.90 bits per heavy atom. The van der Waals surface area contributed by atoms with Crippen molar-refractivity contribution in [2.75, 3.05) is 6.54 Å². The van der Waals surface area contributed by atoms with Crippen molar-refractivity contribution < 1.29 is 9.90 Å². The van der Waals surface area contributed by atoms with Crippen LogP contribution in [0.4, 0.5) is 0 Å². The second-order valence-corrected chi connectivity index (χ2v) is 5.56. The molecule has 1 atom stereocenters. The average Bonchev–Trinajstić information content (AvgIpc) is 3.00. The molecule has 21 heavy (non-hydrogen) atoms. The van der Waals surface area contributed by atoms with Gasteiger partial charge in [-0.25, -0.2) is 0 Å². The maximum Gasteiger partial charge on any atom is 0.324 e. The monoisotopic (exact) mass is 281 g/mol. The van der Waals surface area contributed by atoms with Crippen LogP contribution in [0, 0.1) is 0 Å². The second-order valence-electron chi connectivity index (χ2n) is 5.56. The number of benzene rings is 2. The molecule has 2 aromatic rings. The summed E-state index contributed by atoms with van der Waals surface area (Å²) >= 11 is 0. The van der Waals surface area contributed by atoms with Gasteiger partial charge in [-0.15, -0.1) is 0 Å². The van der Waals surface area contributed by atoms with Gasteiger partial charge >= 0.3 is 5.97 Å². The Kier molecular flexibility index (Phi) is 3.76. The molecule has 0 aliphatic carbocycles. The van der Waals surface area contributed by atoms with E-state index in [1.807, 2.05) is 60.7 Å². The number of rotatable bonds is 4. The molecule has 0 amide bonds. The Bertz CT molecular complexity index is 564. The highest BCUT2D eigenvalue weighted by atomic mass is 16.4. The van der Waals surface area contributed by atoms with Gasteiger partial charge < -0.3 is 10.4 Å². The Hall–Kier alpha value is -2.13. The van der Waals surface area contributed by atoms with Crippen molar-refractivity contribution in [3.05, 3.63) is 71.8 Å². The fraction of sp³-hybridized carbons (Fsp3) is 0.278. The molecule has 3 nitrogen and oxygen atoms in total. The standard InChI is InChI=1S/C18H19NO2/c20-17(21)18(12-7-13-19-18)16(14-8-3-1-4-9-14)15-10-5-2-6-11-15/h1-6,8-11,16,19H,7,12-13H2,(H,20,21)/t18-/m1/s1. The number of carboxylic acids is 1. The third kappa shape index (κ3) is 2.45. The summed E-state index contributed by atoms with van der Waals surface area (Å²) < 4.78 is 0. The number of nitrogens with one attached hydrogen (secondary N) is 1. The molecule has 2 N–H and O–H groups in total. The summed E-state index contributed by atoms with van der Waals surface area (Å²) in [5.41, 5.74) is 1.17. The summed E-state index contributed by atoms with van der Waals surface area (Å²) in [6.07, 6.45) is 1.54. The summed E-state index contributed by atoms with van der Waals surface area (Å²) in [5.74, 6) is -0.947. The molecule has 1 aliphatic rings. The zero-order valence-electron chi connectivity index (χ0n) is 11.8. The molecule has 0 radical (unpaired) electrons. The van der Waals surface area contributed by atoms with E-state index in [4.69, 9.17) is 0 Å². The molecule has 1 heterocycles. The number of hydrogen-bond donors (Lipinski definition) is 2. The van der Waals surface area contributed by atoms with Crippen molar-refractivity contribution in [1.82, 2.24) is 5.32 Å². The van der Waals surface area contributed by atoms with E-state index in [2.05, 4.69) is 5.32 Å². The van der Waals surface area contributed by atoms with Crippen LogP contribution in [0.25, 0.3) is 0 Å². The van der Waals surface area contributed by atoms with Gasteiger partial charge in [0.05, 0.1) is 0 Å². The predicted octanol–water partition coefficient (Wildman–Crippen LogP) is 3.03. The first-order valence-corrected chi connectivity index (χ1v) is 7.32. The summed E-state index contributed by atoms with van der Waals surface area (Å²) in [5, 5.41) is 13.2. The Balaban J connectivity index is 2.15. The summed E-state index contributed by atoms with van der Waals surface area (Å²) in [6, 6.07) is 19.9. The quantitative estimate of drug-likeness (QED) is 0.905. The molecule has 2 aromatic carbocycles. The zero-order valence-corrected chi connectivity index (χ0v) is 11.8. The second kappa shape index (κ2) is 5.70. The van der Waals surface area contributed by atoms with Gasteiger partial charge in [-0.1, -0.05) is 60.7 Å². The van der Waals surface area contributed by atoms with Gasteiger partial charge in [-0.3, -0.25) is 4.79 Å². The first-order chi connectivity index (χ1) is 10.2. The van der Waals surface area contributed by atoms with Gasteiger partial charge in [0.15, 0.2) is 0 Å². The van der Waals surface area contributed by atoms with Gasteiger partial charge in [0.25, 0.3) is 0 Å². The van der Waals surface area contributed by atoms with Crippen LogP contribution in [0.15, 0.2) is 60.7 Å². The van der Waals surface area contributed by atoms with E-state index in [-0.39, 0.29) is 5.92 Å². The average molecular weight is 281 g/mol. The van der Waals surface area contributed by atoms with Gasteiger partial charge in [0.2, 0.25) is 0 Å². The summed E-state index contributed by atoms with van der Waals surface area (Å²) in [6.45, 7) is 0.752. The van der Waals surface area contributed by atoms with Gasteiger partial charge in [0.1, 0.15) is 5.54 Å². The normalized spacial score (nSPS) is 21.6. The Labute approximate surface area is 124 Å². The van der Waals surface area contributed by atoms with E-state index in [1.165, 1.54) is 0 Å². The van der Waals surface area contributed by atoms with Gasteiger partial charge in [-0.05, 0) is 30.5 Å². The number of hydrogen-bond acceptors (Lipinski definition) is 2. The van der Waals surface area contributed by atoms with Crippen LogP contribution in [0.2, 0.25) is 0 Å². The molecule has 3 rings (SSSR count). The topological polar surface area (TPSA) is 49.3 Å². The minimum atomic E-state index is -0.914. The van der Waals surface area contributed by atoms with E-state index >= 15 is 0 Å². The molecule has 0 spiro atoms. The van der Waals surface area contributed by atoms with Gasteiger partial charge in [-0.2, -0.15) is 0 Å². The molecule has 1 fully saturated rings. The maximum absolute atomic E-state index is 12.0. The largest absolute Gasteiger partial charge is 0.480 e. The molecule has 0 aromatic heterocycles. The number of aliphatic carboxylic acids is 1. The van der Waals surface area contributed by atoms with Crippen molar-refractivity contribution in [3.8, 4) is 0 Å². The molecule has 0 bridgehead atoms. The third-order valence-electron chi connectivity index (χ3n) is 4.33. The van der Waals surface area contributed by atoms with E-state index in [9.17, 15) is 9.90 Å². The summed E-state index contributed by atoms with van der Waals surface area (Å²) in [4.78, 5) is 12.0. The molecule has 108 valence electrons. The van der Waals surface area contributed by atoms with E-state index in [0.717, 1.165) is 24.1 Å². The van der Waals surface area contributed by atoms with Crippen molar-refractivity contribution >= 4 is 5.97 Å². The van der Waals surface area contributed by atoms with Crippen molar-refractivity contribution in [1.29, 1.82) is 0 Å². The summed E-state index contributed by atoms with van der Waals surface area (Å²) in [7, 11) is 0. The lowest BCUT2D eigenvalue weighted by Crippen LogP contribution is -2.52. The maximum atomic E-state index is 12.0. The van der Waals surface area contributed by atoms with Gasteiger partial charge in [0, 0.05) is 5.92 Å². The van der Waals surface area contributed by atoms with Crippen molar-refractivity contribution in [2.24, 2.45) is 0 Å². The van der Waals surface area contributed by atoms with Crippen LogP contribution in [0.1, 0.15) is 29.9 Å². The first-order valence-electron chi connectivity index (χ1n) is 7.32. The highest BCUT2D eigenvalue weighted by molar-refractivity contribution is 5.82. The van der Waals surface area contributed by atoms with E-state index < -0.39 is 11.5 Å². The molecular weight excluding hydrogens is 262 g/mol. The highest BCUT2D eigenvalue weighted by Gasteiger charge is 2.49. The van der Waals surface area contributed by atoms with Crippen LogP contribution in [0.5, 0.6) is 0 Å². The zero-order chi connectivity index (χ0) is 14.7. The minimum Gasteiger partial charge on any atom is -0.480 e. The first kappa shape index (κ1) is 13.8. The van der Waals surface area contributed by atoms with E-state index in [1.54, 1.807) is 0 Å². The number of carboxylic acid groups (broad SMARTS) is 1. The van der Waals surface area contributed by atoms with Crippen LogP contribution in [-0.2, 0) is 4.79 Å². The minimum absolute atomic E-state index is 0.181. The van der Waals surface area contributed by atoms with Crippen molar-refractivity contribution in [2.45, 2.75) is 24.3 Å².